The molecule has 1 heterocycles. The van der Waals surface area contributed by atoms with Crippen LogP contribution < -0.4 is 9.64 Å². The summed E-state index contributed by atoms with van der Waals surface area (Å²) in [6.07, 6.45) is 0. The van der Waals surface area contributed by atoms with Crippen LogP contribution in [0.2, 0.25) is 10.0 Å². The number of benzene rings is 2. The van der Waals surface area contributed by atoms with Crippen LogP contribution >= 0.6 is 35.0 Å². The molecule has 0 unspecified atom stereocenters. The summed E-state index contributed by atoms with van der Waals surface area (Å²) in [6, 6.07) is 12.8. The molecule has 6 heteroatoms. The Morgan fingerprint density at radius 1 is 1.23 bits per heavy atom. The second kappa shape index (κ2) is 6.82. The standard InChI is InChI=1S/C16H13Cl2NO2S/c17-11-5-6-12(18)14(9-11)21-10-16(20)19-7-8-22-15-4-2-1-3-13(15)19/h1-6,9H,7-8,10H2. The summed E-state index contributed by atoms with van der Waals surface area (Å²) in [4.78, 5) is 15.3. The number of rotatable bonds is 3. The molecule has 1 amide bonds. The van der Waals surface area contributed by atoms with Crippen LogP contribution in [0.1, 0.15) is 0 Å². The number of para-hydroxylation sites is 1. The van der Waals surface area contributed by atoms with E-state index in [1.165, 1.54) is 0 Å². The van der Waals surface area contributed by atoms with Gasteiger partial charge in [0.25, 0.3) is 5.91 Å². The molecule has 22 heavy (non-hydrogen) atoms. The number of thioether (sulfide) groups is 1. The topological polar surface area (TPSA) is 29.5 Å². The molecule has 3 nitrogen and oxygen atoms in total. The molecule has 0 atom stereocenters. The van der Waals surface area contributed by atoms with E-state index in [2.05, 4.69) is 0 Å². The quantitative estimate of drug-likeness (QED) is 0.812. The van der Waals surface area contributed by atoms with Crippen LogP contribution in [0.4, 0.5) is 5.69 Å². The molecule has 0 fully saturated rings. The average Bonchev–Trinajstić information content (AvgIpc) is 2.55. The first-order valence-electron chi connectivity index (χ1n) is 6.75. The number of nitrogens with zero attached hydrogens (tertiary/aromatic N) is 1. The van der Waals surface area contributed by atoms with Crippen LogP contribution in [0.25, 0.3) is 0 Å². The normalized spacial score (nSPS) is 13.6. The molecular weight excluding hydrogens is 341 g/mol. The van der Waals surface area contributed by atoms with Crippen LogP contribution in [0.3, 0.4) is 0 Å². The van der Waals surface area contributed by atoms with Gasteiger partial charge < -0.3 is 9.64 Å². The maximum atomic E-state index is 12.4. The highest BCUT2D eigenvalue weighted by Crippen LogP contribution is 2.34. The van der Waals surface area contributed by atoms with E-state index < -0.39 is 0 Å². The summed E-state index contributed by atoms with van der Waals surface area (Å²) >= 11 is 13.7. The molecule has 0 saturated heterocycles. The molecule has 0 spiro atoms. The average molecular weight is 354 g/mol. The van der Waals surface area contributed by atoms with E-state index in [4.69, 9.17) is 27.9 Å². The Balaban J connectivity index is 1.72. The van der Waals surface area contributed by atoms with Gasteiger partial charge in [-0.2, -0.15) is 0 Å². The Hall–Kier alpha value is -1.36. The second-order valence-corrected chi connectivity index (χ2v) is 6.71. The molecule has 0 aliphatic carbocycles. The summed E-state index contributed by atoms with van der Waals surface area (Å²) in [7, 11) is 0. The number of anilines is 1. The van der Waals surface area contributed by atoms with E-state index in [0.29, 0.717) is 22.3 Å². The van der Waals surface area contributed by atoms with Crippen molar-refractivity contribution in [3.8, 4) is 5.75 Å². The fourth-order valence-electron chi connectivity index (χ4n) is 2.23. The third kappa shape index (κ3) is 3.35. The highest BCUT2D eigenvalue weighted by atomic mass is 35.5. The number of amides is 1. The molecule has 0 radical (unpaired) electrons. The minimum atomic E-state index is -0.0937. The Labute approximate surface area is 143 Å². The Morgan fingerprint density at radius 2 is 2.05 bits per heavy atom. The van der Waals surface area contributed by atoms with Crippen LogP contribution in [-0.4, -0.2) is 24.8 Å². The minimum Gasteiger partial charge on any atom is -0.482 e. The fraction of sp³-hybridized carbons (Fsp3) is 0.188. The third-order valence-electron chi connectivity index (χ3n) is 3.27. The van der Waals surface area contributed by atoms with Gasteiger partial charge in [-0.15, -0.1) is 11.8 Å². The lowest BCUT2D eigenvalue weighted by Crippen LogP contribution is -2.38. The minimum absolute atomic E-state index is 0.0704. The first-order chi connectivity index (χ1) is 10.6. The number of halogens is 2. The molecule has 0 saturated carbocycles. The molecule has 114 valence electrons. The summed E-state index contributed by atoms with van der Waals surface area (Å²) in [6.45, 7) is 0.603. The second-order valence-electron chi connectivity index (χ2n) is 4.72. The summed E-state index contributed by atoms with van der Waals surface area (Å²) < 4.78 is 5.53. The van der Waals surface area contributed by atoms with Crippen LogP contribution in [0.5, 0.6) is 5.75 Å². The van der Waals surface area contributed by atoms with Crippen molar-refractivity contribution >= 4 is 46.6 Å². The lowest BCUT2D eigenvalue weighted by Gasteiger charge is -2.28. The lowest BCUT2D eigenvalue weighted by atomic mass is 10.2. The molecule has 2 aromatic rings. The lowest BCUT2D eigenvalue weighted by molar-refractivity contribution is -0.120. The number of hydrogen-bond donors (Lipinski definition) is 0. The molecule has 3 rings (SSSR count). The summed E-state index contributed by atoms with van der Waals surface area (Å²) in [5.41, 5.74) is 0.935. The van der Waals surface area contributed by atoms with Crippen LogP contribution in [-0.2, 0) is 4.79 Å². The molecule has 0 N–H and O–H groups in total. The molecule has 1 aliphatic rings. The predicted molar refractivity (Wildman–Crippen MR) is 91.5 cm³/mol. The van der Waals surface area contributed by atoms with Gasteiger partial charge in [0.05, 0.1) is 10.7 Å². The monoisotopic (exact) mass is 353 g/mol. The summed E-state index contributed by atoms with van der Waals surface area (Å²) in [5.74, 6) is 1.20. The van der Waals surface area contributed by atoms with Gasteiger partial charge in [0.15, 0.2) is 6.61 Å². The van der Waals surface area contributed by atoms with Crippen molar-refractivity contribution in [2.45, 2.75) is 4.90 Å². The number of carbonyl (C=O) groups excluding carboxylic acids is 1. The largest absolute Gasteiger partial charge is 0.482 e. The Kier molecular flexibility index (Phi) is 4.81. The van der Waals surface area contributed by atoms with Crippen molar-refractivity contribution in [3.05, 3.63) is 52.5 Å². The van der Waals surface area contributed by atoms with Crippen LogP contribution in [0, 0.1) is 0 Å². The van der Waals surface area contributed by atoms with E-state index in [1.807, 2.05) is 24.3 Å². The smallest absolute Gasteiger partial charge is 0.264 e. The first-order valence-corrected chi connectivity index (χ1v) is 8.49. The number of hydrogen-bond acceptors (Lipinski definition) is 3. The number of fused-ring (bicyclic) bond motifs is 1. The highest BCUT2D eigenvalue weighted by molar-refractivity contribution is 7.99. The van der Waals surface area contributed by atoms with Gasteiger partial charge in [0, 0.05) is 28.3 Å². The Bertz CT molecular complexity index is 708. The third-order valence-corrected chi connectivity index (χ3v) is 4.86. The van der Waals surface area contributed by atoms with Crippen LogP contribution in [0.15, 0.2) is 47.4 Å². The van der Waals surface area contributed by atoms with Crippen molar-refractivity contribution in [1.82, 2.24) is 0 Å². The van der Waals surface area contributed by atoms with Gasteiger partial charge >= 0.3 is 0 Å². The van der Waals surface area contributed by atoms with E-state index in [-0.39, 0.29) is 12.5 Å². The van der Waals surface area contributed by atoms with Crippen molar-refractivity contribution in [1.29, 1.82) is 0 Å². The van der Waals surface area contributed by atoms with E-state index in [9.17, 15) is 4.79 Å². The van der Waals surface area contributed by atoms with Gasteiger partial charge in [0.2, 0.25) is 0 Å². The first kappa shape index (κ1) is 15.5. The van der Waals surface area contributed by atoms with Crippen molar-refractivity contribution < 1.29 is 9.53 Å². The van der Waals surface area contributed by atoms with Gasteiger partial charge in [-0.05, 0) is 24.3 Å². The van der Waals surface area contributed by atoms with Gasteiger partial charge in [0.1, 0.15) is 5.75 Å². The van der Waals surface area contributed by atoms with Crippen molar-refractivity contribution in [2.75, 3.05) is 23.8 Å². The number of ether oxygens (including phenoxy) is 1. The SMILES string of the molecule is O=C(COc1cc(Cl)ccc1Cl)N1CCSc2ccccc21. The van der Waals surface area contributed by atoms with E-state index in [1.54, 1.807) is 34.9 Å². The molecule has 0 bridgehead atoms. The zero-order chi connectivity index (χ0) is 15.5. The molecule has 2 aromatic carbocycles. The summed E-state index contributed by atoms with van der Waals surface area (Å²) in [5, 5.41) is 0.957. The Morgan fingerprint density at radius 3 is 2.91 bits per heavy atom. The zero-order valence-electron chi connectivity index (χ0n) is 11.6. The highest BCUT2D eigenvalue weighted by Gasteiger charge is 2.23. The number of carbonyl (C=O) groups is 1. The van der Waals surface area contributed by atoms with Gasteiger partial charge in [-0.3, -0.25) is 4.79 Å². The van der Waals surface area contributed by atoms with Gasteiger partial charge in [-0.25, -0.2) is 0 Å². The van der Waals surface area contributed by atoms with Gasteiger partial charge in [-0.1, -0.05) is 35.3 Å². The van der Waals surface area contributed by atoms with Crippen molar-refractivity contribution in [2.24, 2.45) is 0 Å². The maximum absolute atomic E-state index is 12.4. The van der Waals surface area contributed by atoms with E-state index in [0.717, 1.165) is 16.3 Å². The zero-order valence-corrected chi connectivity index (χ0v) is 13.9. The molecule has 1 aliphatic heterocycles. The molecular formula is C16H13Cl2NO2S. The molecule has 0 aromatic heterocycles. The van der Waals surface area contributed by atoms with E-state index >= 15 is 0 Å². The fourth-order valence-corrected chi connectivity index (χ4v) is 3.56. The maximum Gasteiger partial charge on any atom is 0.264 e. The van der Waals surface area contributed by atoms with Crippen molar-refractivity contribution in [3.63, 3.8) is 0 Å². The predicted octanol–water partition coefficient (Wildman–Crippen LogP) is 4.51.